The summed E-state index contributed by atoms with van der Waals surface area (Å²) in [7, 11) is 0. The van der Waals surface area contributed by atoms with Crippen LogP contribution in [0.1, 0.15) is 18.4 Å². The number of aliphatic hydroxyl groups excluding tert-OH is 1. The van der Waals surface area contributed by atoms with Gasteiger partial charge in [0.15, 0.2) is 6.61 Å². The van der Waals surface area contributed by atoms with Gasteiger partial charge in [0.2, 0.25) is 0 Å². The standard InChI is InChI=1S/C13H19NO3/c1-11-5-4-6-12(9-11)17-10-13(16)14-7-2-3-8-15/h4-6,9,15H,2-3,7-8,10H2,1H3,(H,14,16). The van der Waals surface area contributed by atoms with Crippen molar-refractivity contribution in [1.29, 1.82) is 0 Å². The van der Waals surface area contributed by atoms with Crippen molar-refractivity contribution in [3.8, 4) is 5.75 Å². The first-order valence-electron chi connectivity index (χ1n) is 5.79. The fourth-order valence-corrected chi connectivity index (χ4v) is 1.37. The van der Waals surface area contributed by atoms with Crippen LogP contribution in [-0.2, 0) is 4.79 Å². The first-order chi connectivity index (χ1) is 8.22. The van der Waals surface area contributed by atoms with E-state index >= 15 is 0 Å². The third kappa shape index (κ3) is 5.92. The Hall–Kier alpha value is -1.55. The first-order valence-corrected chi connectivity index (χ1v) is 5.79. The molecule has 0 atom stereocenters. The third-order valence-corrected chi connectivity index (χ3v) is 2.27. The van der Waals surface area contributed by atoms with Gasteiger partial charge in [-0.15, -0.1) is 0 Å². The van der Waals surface area contributed by atoms with Gasteiger partial charge in [-0.1, -0.05) is 12.1 Å². The Morgan fingerprint density at radius 2 is 2.24 bits per heavy atom. The molecule has 2 N–H and O–H groups in total. The van der Waals surface area contributed by atoms with Gasteiger partial charge in [-0.05, 0) is 37.5 Å². The summed E-state index contributed by atoms with van der Waals surface area (Å²) in [5.74, 6) is 0.569. The zero-order chi connectivity index (χ0) is 12.5. The Morgan fingerprint density at radius 3 is 2.94 bits per heavy atom. The van der Waals surface area contributed by atoms with Gasteiger partial charge < -0.3 is 15.2 Å². The van der Waals surface area contributed by atoms with Gasteiger partial charge in [-0.25, -0.2) is 0 Å². The van der Waals surface area contributed by atoms with Crippen molar-refractivity contribution in [2.75, 3.05) is 19.8 Å². The van der Waals surface area contributed by atoms with E-state index in [1.54, 1.807) is 0 Å². The Morgan fingerprint density at radius 1 is 1.41 bits per heavy atom. The van der Waals surface area contributed by atoms with Crippen LogP contribution in [0.2, 0.25) is 0 Å². The van der Waals surface area contributed by atoms with Crippen molar-refractivity contribution in [3.05, 3.63) is 29.8 Å². The van der Waals surface area contributed by atoms with Crippen LogP contribution in [0.5, 0.6) is 5.75 Å². The first kappa shape index (κ1) is 13.5. The number of unbranched alkanes of at least 4 members (excludes halogenated alkanes) is 1. The van der Waals surface area contributed by atoms with E-state index in [1.807, 2.05) is 31.2 Å². The molecule has 0 aliphatic carbocycles. The smallest absolute Gasteiger partial charge is 0.257 e. The Bertz CT molecular complexity index is 352. The molecule has 1 aromatic carbocycles. The molecule has 0 aromatic heterocycles. The summed E-state index contributed by atoms with van der Waals surface area (Å²) in [6.07, 6.45) is 1.49. The average molecular weight is 237 g/mol. The number of benzene rings is 1. The van der Waals surface area contributed by atoms with Crippen LogP contribution in [0.4, 0.5) is 0 Å². The summed E-state index contributed by atoms with van der Waals surface area (Å²) in [6.45, 7) is 2.75. The van der Waals surface area contributed by atoms with E-state index in [-0.39, 0.29) is 19.1 Å². The SMILES string of the molecule is Cc1cccc(OCC(=O)NCCCCO)c1. The van der Waals surface area contributed by atoms with Crippen molar-refractivity contribution in [1.82, 2.24) is 5.32 Å². The monoisotopic (exact) mass is 237 g/mol. The van der Waals surface area contributed by atoms with Crippen LogP contribution in [0, 0.1) is 6.92 Å². The Balaban J connectivity index is 2.19. The fourth-order valence-electron chi connectivity index (χ4n) is 1.37. The molecule has 0 fully saturated rings. The molecule has 4 nitrogen and oxygen atoms in total. The number of aliphatic hydroxyl groups is 1. The number of carbonyl (C=O) groups excluding carboxylic acids is 1. The van der Waals surface area contributed by atoms with Crippen molar-refractivity contribution < 1.29 is 14.6 Å². The number of amides is 1. The van der Waals surface area contributed by atoms with Crippen molar-refractivity contribution in [2.24, 2.45) is 0 Å². The minimum atomic E-state index is -0.135. The Labute approximate surface area is 102 Å². The van der Waals surface area contributed by atoms with Gasteiger partial charge in [0, 0.05) is 13.2 Å². The molecular formula is C13H19NO3. The van der Waals surface area contributed by atoms with E-state index in [9.17, 15) is 4.79 Å². The maximum Gasteiger partial charge on any atom is 0.257 e. The second-order valence-electron chi connectivity index (χ2n) is 3.89. The molecule has 0 heterocycles. The summed E-state index contributed by atoms with van der Waals surface area (Å²) in [6, 6.07) is 7.58. The van der Waals surface area contributed by atoms with Crippen LogP contribution in [0.3, 0.4) is 0 Å². The van der Waals surface area contributed by atoms with E-state index in [4.69, 9.17) is 9.84 Å². The van der Waals surface area contributed by atoms with Gasteiger partial charge in [-0.2, -0.15) is 0 Å². The molecule has 1 aromatic rings. The maximum absolute atomic E-state index is 11.4. The van der Waals surface area contributed by atoms with Crippen LogP contribution >= 0.6 is 0 Å². The highest BCUT2D eigenvalue weighted by Crippen LogP contribution is 2.11. The fraction of sp³-hybridized carbons (Fsp3) is 0.462. The van der Waals surface area contributed by atoms with Crippen LogP contribution in [0.25, 0.3) is 0 Å². The molecule has 1 rings (SSSR count). The Kier molecular flexibility index (Phi) is 6.10. The maximum atomic E-state index is 11.4. The minimum absolute atomic E-state index is 0.0303. The predicted molar refractivity (Wildman–Crippen MR) is 66.0 cm³/mol. The number of hydrogen-bond donors (Lipinski definition) is 2. The zero-order valence-electron chi connectivity index (χ0n) is 10.1. The largest absolute Gasteiger partial charge is 0.484 e. The van der Waals surface area contributed by atoms with Crippen molar-refractivity contribution in [3.63, 3.8) is 0 Å². The van der Waals surface area contributed by atoms with Gasteiger partial charge in [0.05, 0.1) is 0 Å². The molecule has 4 heteroatoms. The minimum Gasteiger partial charge on any atom is -0.484 e. The molecule has 0 bridgehead atoms. The molecule has 0 aliphatic rings. The molecular weight excluding hydrogens is 218 g/mol. The van der Waals surface area contributed by atoms with Gasteiger partial charge >= 0.3 is 0 Å². The lowest BCUT2D eigenvalue weighted by Gasteiger charge is -2.07. The zero-order valence-corrected chi connectivity index (χ0v) is 10.1. The highest BCUT2D eigenvalue weighted by atomic mass is 16.5. The third-order valence-electron chi connectivity index (χ3n) is 2.27. The lowest BCUT2D eigenvalue weighted by Crippen LogP contribution is -2.29. The molecule has 0 unspecified atom stereocenters. The second kappa shape index (κ2) is 7.68. The van der Waals surface area contributed by atoms with Crippen molar-refractivity contribution in [2.45, 2.75) is 19.8 Å². The molecule has 0 aliphatic heterocycles. The molecule has 0 radical (unpaired) electrons. The quantitative estimate of drug-likeness (QED) is 0.702. The van der Waals surface area contributed by atoms with E-state index in [1.165, 1.54) is 0 Å². The highest BCUT2D eigenvalue weighted by molar-refractivity contribution is 5.77. The topological polar surface area (TPSA) is 58.6 Å². The van der Waals surface area contributed by atoms with Crippen LogP contribution in [-0.4, -0.2) is 30.8 Å². The summed E-state index contributed by atoms with van der Waals surface area (Å²) in [4.78, 5) is 11.4. The lowest BCUT2D eigenvalue weighted by atomic mass is 10.2. The molecule has 0 saturated carbocycles. The average Bonchev–Trinajstić information content (AvgIpc) is 2.32. The number of carbonyl (C=O) groups is 1. The number of nitrogens with one attached hydrogen (secondary N) is 1. The normalized spacial score (nSPS) is 10.0. The van der Waals surface area contributed by atoms with Gasteiger partial charge in [-0.3, -0.25) is 4.79 Å². The summed E-state index contributed by atoms with van der Waals surface area (Å²) < 4.78 is 5.34. The van der Waals surface area contributed by atoms with E-state index in [0.29, 0.717) is 18.7 Å². The summed E-state index contributed by atoms with van der Waals surface area (Å²) in [5.41, 5.74) is 1.10. The lowest BCUT2D eigenvalue weighted by molar-refractivity contribution is -0.123. The molecule has 17 heavy (non-hydrogen) atoms. The van der Waals surface area contributed by atoms with E-state index in [0.717, 1.165) is 12.0 Å². The number of aryl methyl sites for hydroxylation is 1. The summed E-state index contributed by atoms with van der Waals surface area (Å²) >= 11 is 0. The second-order valence-corrected chi connectivity index (χ2v) is 3.89. The van der Waals surface area contributed by atoms with E-state index < -0.39 is 0 Å². The van der Waals surface area contributed by atoms with Crippen LogP contribution in [0.15, 0.2) is 24.3 Å². The molecule has 94 valence electrons. The number of hydrogen-bond acceptors (Lipinski definition) is 3. The number of rotatable bonds is 7. The van der Waals surface area contributed by atoms with Gasteiger partial charge in [0.25, 0.3) is 5.91 Å². The summed E-state index contributed by atoms with van der Waals surface area (Å²) in [5, 5.41) is 11.3. The predicted octanol–water partition coefficient (Wildman–Crippen LogP) is 1.26. The van der Waals surface area contributed by atoms with Gasteiger partial charge in [0.1, 0.15) is 5.75 Å². The number of ether oxygens (including phenoxy) is 1. The van der Waals surface area contributed by atoms with E-state index in [2.05, 4.69) is 5.32 Å². The van der Waals surface area contributed by atoms with Crippen molar-refractivity contribution >= 4 is 5.91 Å². The molecule has 0 spiro atoms. The molecule has 1 amide bonds. The van der Waals surface area contributed by atoms with Crippen LogP contribution < -0.4 is 10.1 Å². The highest BCUT2D eigenvalue weighted by Gasteiger charge is 2.01. The molecule has 0 saturated heterocycles.